The Bertz CT molecular complexity index is 376. The summed E-state index contributed by atoms with van der Waals surface area (Å²) in [6, 6.07) is 5.99. The molecule has 1 fully saturated rings. The van der Waals surface area contributed by atoms with Gasteiger partial charge in [-0.25, -0.2) is 0 Å². The predicted octanol–water partition coefficient (Wildman–Crippen LogP) is 2.52. The van der Waals surface area contributed by atoms with E-state index in [2.05, 4.69) is 6.07 Å². The Labute approximate surface area is 90.3 Å². The van der Waals surface area contributed by atoms with Crippen LogP contribution in [0, 0.1) is 19.8 Å². The zero-order valence-corrected chi connectivity index (χ0v) is 9.25. The number of ketones is 1. The molecule has 0 amide bonds. The van der Waals surface area contributed by atoms with Crippen molar-refractivity contribution >= 4 is 5.78 Å². The maximum Gasteiger partial charge on any atom is 0.168 e. The van der Waals surface area contributed by atoms with E-state index < -0.39 is 0 Å². The summed E-state index contributed by atoms with van der Waals surface area (Å²) in [5.74, 6) is 0.316. The summed E-state index contributed by atoms with van der Waals surface area (Å²) in [7, 11) is 0. The Balaban J connectivity index is 2.24. The first-order chi connectivity index (χ1) is 7.18. The molecule has 1 aliphatic rings. The summed E-state index contributed by atoms with van der Waals surface area (Å²) in [4.78, 5) is 12.1. The molecule has 1 aliphatic heterocycles. The topological polar surface area (TPSA) is 26.3 Å². The first-order valence-electron chi connectivity index (χ1n) is 5.37. The van der Waals surface area contributed by atoms with Gasteiger partial charge in [0.25, 0.3) is 0 Å². The van der Waals surface area contributed by atoms with Crippen molar-refractivity contribution in [2.45, 2.75) is 20.3 Å². The van der Waals surface area contributed by atoms with Gasteiger partial charge in [0, 0.05) is 18.1 Å². The van der Waals surface area contributed by atoms with Crippen LogP contribution in [-0.4, -0.2) is 19.0 Å². The molecule has 0 aromatic heterocycles. The van der Waals surface area contributed by atoms with E-state index in [-0.39, 0.29) is 11.7 Å². The highest BCUT2D eigenvalue weighted by atomic mass is 16.5. The molecule has 80 valence electrons. The molecule has 2 heteroatoms. The molecule has 1 saturated heterocycles. The van der Waals surface area contributed by atoms with Gasteiger partial charge in [-0.1, -0.05) is 23.8 Å². The van der Waals surface area contributed by atoms with Crippen molar-refractivity contribution in [3.8, 4) is 0 Å². The predicted molar refractivity (Wildman–Crippen MR) is 59.2 cm³/mol. The number of Topliss-reactive ketones (excluding diaryl/α,β-unsaturated/α-hetero) is 1. The first-order valence-corrected chi connectivity index (χ1v) is 5.37. The van der Waals surface area contributed by atoms with Crippen LogP contribution in [0.25, 0.3) is 0 Å². The van der Waals surface area contributed by atoms with Crippen molar-refractivity contribution in [3.63, 3.8) is 0 Å². The van der Waals surface area contributed by atoms with Crippen molar-refractivity contribution in [1.82, 2.24) is 0 Å². The molecule has 2 rings (SSSR count). The largest absolute Gasteiger partial charge is 0.381 e. The lowest BCUT2D eigenvalue weighted by Crippen LogP contribution is -2.15. The van der Waals surface area contributed by atoms with Gasteiger partial charge in [-0.3, -0.25) is 4.79 Å². The van der Waals surface area contributed by atoms with E-state index in [4.69, 9.17) is 4.74 Å². The van der Waals surface area contributed by atoms with E-state index >= 15 is 0 Å². The molecule has 0 saturated carbocycles. The van der Waals surface area contributed by atoms with Crippen LogP contribution in [0.1, 0.15) is 27.9 Å². The second kappa shape index (κ2) is 4.15. The van der Waals surface area contributed by atoms with Gasteiger partial charge in [-0.05, 0) is 25.8 Å². The van der Waals surface area contributed by atoms with Crippen LogP contribution < -0.4 is 0 Å². The van der Waals surface area contributed by atoms with Crippen molar-refractivity contribution in [1.29, 1.82) is 0 Å². The van der Waals surface area contributed by atoms with Gasteiger partial charge in [-0.2, -0.15) is 0 Å². The monoisotopic (exact) mass is 204 g/mol. The third-order valence-electron chi connectivity index (χ3n) is 2.95. The molecular weight excluding hydrogens is 188 g/mol. The number of benzene rings is 1. The molecule has 0 aliphatic carbocycles. The minimum absolute atomic E-state index is 0.0754. The maximum absolute atomic E-state index is 12.1. The van der Waals surface area contributed by atoms with Crippen LogP contribution in [0.5, 0.6) is 0 Å². The minimum Gasteiger partial charge on any atom is -0.381 e. The van der Waals surface area contributed by atoms with E-state index in [9.17, 15) is 4.79 Å². The van der Waals surface area contributed by atoms with E-state index in [1.807, 2.05) is 26.0 Å². The van der Waals surface area contributed by atoms with Crippen LogP contribution in [0.15, 0.2) is 18.2 Å². The summed E-state index contributed by atoms with van der Waals surface area (Å²) in [5, 5.41) is 0. The third-order valence-corrected chi connectivity index (χ3v) is 2.95. The summed E-state index contributed by atoms with van der Waals surface area (Å²) >= 11 is 0. The Morgan fingerprint density at radius 1 is 1.40 bits per heavy atom. The smallest absolute Gasteiger partial charge is 0.168 e. The van der Waals surface area contributed by atoms with Crippen LogP contribution in [0.4, 0.5) is 0 Å². The fourth-order valence-electron chi connectivity index (χ4n) is 2.05. The molecular formula is C13H16O2. The third kappa shape index (κ3) is 2.10. The van der Waals surface area contributed by atoms with E-state index in [0.29, 0.717) is 6.61 Å². The highest BCUT2D eigenvalue weighted by Crippen LogP contribution is 2.21. The fourth-order valence-corrected chi connectivity index (χ4v) is 2.05. The van der Waals surface area contributed by atoms with Crippen molar-refractivity contribution in [2.24, 2.45) is 5.92 Å². The van der Waals surface area contributed by atoms with E-state index in [0.717, 1.165) is 24.2 Å². The molecule has 15 heavy (non-hydrogen) atoms. The van der Waals surface area contributed by atoms with Crippen LogP contribution in [0.2, 0.25) is 0 Å². The molecule has 1 aromatic carbocycles. The zero-order chi connectivity index (χ0) is 10.8. The van der Waals surface area contributed by atoms with Gasteiger partial charge in [0.05, 0.1) is 6.61 Å². The number of carbonyl (C=O) groups is 1. The van der Waals surface area contributed by atoms with Crippen LogP contribution in [-0.2, 0) is 4.74 Å². The zero-order valence-electron chi connectivity index (χ0n) is 9.25. The standard InChI is InChI=1S/C13H16O2/c1-9-3-4-12(10(2)7-9)13(14)11-5-6-15-8-11/h3-4,7,11H,5-6,8H2,1-2H3. The van der Waals surface area contributed by atoms with Crippen LogP contribution >= 0.6 is 0 Å². The van der Waals surface area contributed by atoms with Crippen LogP contribution in [0.3, 0.4) is 0 Å². The molecule has 2 nitrogen and oxygen atoms in total. The number of hydrogen-bond acceptors (Lipinski definition) is 2. The fraction of sp³-hybridized carbons (Fsp3) is 0.462. The second-order valence-corrected chi connectivity index (χ2v) is 4.24. The van der Waals surface area contributed by atoms with Gasteiger partial charge in [-0.15, -0.1) is 0 Å². The molecule has 1 unspecified atom stereocenters. The average Bonchev–Trinajstić information content (AvgIpc) is 2.69. The minimum atomic E-state index is 0.0754. The van der Waals surface area contributed by atoms with Gasteiger partial charge in [0.2, 0.25) is 0 Å². The maximum atomic E-state index is 12.1. The Morgan fingerprint density at radius 3 is 2.80 bits per heavy atom. The lowest BCUT2D eigenvalue weighted by Gasteiger charge is -2.09. The van der Waals surface area contributed by atoms with Gasteiger partial charge < -0.3 is 4.74 Å². The summed E-state index contributed by atoms with van der Waals surface area (Å²) in [5.41, 5.74) is 3.13. The SMILES string of the molecule is Cc1ccc(C(=O)C2CCOC2)c(C)c1. The van der Waals surface area contributed by atoms with E-state index in [1.54, 1.807) is 0 Å². The number of ether oxygens (including phenoxy) is 1. The van der Waals surface area contributed by atoms with Crippen molar-refractivity contribution in [2.75, 3.05) is 13.2 Å². The highest BCUT2D eigenvalue weighted by Gasteiger charge is 2.25. The molecule has 1 heterocycles. The Hall–Kier alpha value is -1.15. The summed E-state index contributed by atoms with van der Waals surface area (Å²) in [6.07, 6.45) is 0.867. The Kier molecular flexibility index (Phi) is 2.87. The van der Waals surface area contributed by atoms with E-state index in [1.165, 1.54) is 5.56 Å². The van der Waals surface area contributed by atoms with Gasteiger partial charge in [0.1, 0.15) is 0 Å². The quantitative estimate of drug-likeness (QED) is 0.692. The first kappa shape index (κ1) is 10.4. The molecule has 1 aromatic rings. The number of carbonyl (C=O) groups excluding carboxylic acids is 1. The molecule has 0 radical (unpaired) electrons. The van der Waals surface area contributed by atoms with Gasteiger partial charge >= 0.3 is 0 Å². The normalized spacial score (nSPS) is 20.5. The molecule has 0 N–H and O–H groups in total. The number of aryl methyl sites for hydroxylation is 2. The van der Waals surface area contributed by atoms with Crippen molar-refractivity contribution in [3.05, 3.63) is 34.9 Å². The number of hydrogen-bond donors (Lipinski definition) is 0. The molecule has 0 spiro atoms. The Morgan fingerprint density at radius 2 is 2.20 bits per heavy atom. The lowest BCUT2D eigenvalue weighted by molar-refractivity contribution is 0.0899. The second-order valence-electron chi connectivity index (χ2n) is 4.24. The average molecular weight is 204 g/mol. The number of rotatable bonds is 2. The lowest BCUT2D eigenvalue weighted by atomic mass is 9.93. The summed E-state index contributed by atoms with van der Waals surface area (Å²) in [6.45, 7) is 5.35. The molecule has 0 bridgehead atoms. The van der Waals surface area contributed by atoms with Crippen molar-refractivity contribution < 1.29 is 9.53 Å². The molecule has 1 atom stereocenters. The summed E-state index contributed by atoms with van der Waals surface area (Å²) < 4.78 is 5.24. The highest BCUT2D eigenvalue weighted by molar-refractivity contribution is 5.99. The van der Waals surface area contributed by atoms with Gasteiger partial charge in [0.15, 0.2) is 5.78 Å².